The third-order valence-corrected chi connectivity index (χ3v) is 7.07. The van der Waals surface area contributed by atoms with Gasteiger partial charge < -0.3 is 10.2 Å². The average molecular weight is 436 g/mol. The zero-order valence-corrected chi connectivity index (χ0v) is 17.3. The summed E-state index contributed by atoms with van der Waals surface area (Å²) in [6, 6.07) is 13.1. The smallest absolute Gasteiger partial charge is 0.242 e. The van der Waals surface area contributed by atoms with Gasteiger partial charge in [0, 0.05) is 29.7 Å². The highest BCUT2D eigenvalue weighted by Gasteiger charge is 2.56. The van der Waals surface area contributed by atoms with E-state index < -0.39 is 5.41 Å². The van der Waals surface area contributed by atoms with E-state index in [2.05, 4.69) is 15.4 Å². The molecule has 148 valence electrons. The van der Waals surface area contributed by atoms with Crippen molar-refractivity contribution in [1.82, 2.24) is 14.8 Å². The number of nitrogens with one attached hydrogen (secondary N) is 1. The van der Waals surface area contributed by atoms with Gasteiger partial charge >= 0.3 is 0 Å². The van der Waals surface area contributed by atoms with E-state index in [9.17, 15) is 9.59 Å². The lowest BCUT2D eigenvalue weighted by molar-refractivity contribution is -0.126. The Kier molecular flexibility index (Phi) is 3.46. The Labute approximate surface area is 179 Å². The van der Waals surface area contributed by atoms with E-state index in [1.165, 1.54) is 11.3 Å². The molecule has 0 saturated heterocycles. The number of benzene rings is 2. The number of aromatic nitrogens is 3. The van der Waals surface area contributed by atoms with Crippen molar-refractivity contribution >= 4 is 56.5 Å². The zero-order chi connectivity index (χ0) is 20.6. The number of hydrogen-bond donors (Lipinski definition) is 1. The van der Waals surface area contributed by atoms with Gasteiger partial charge in [0.2, 0.25) is 16.9 Å². The topological polar surface area (TPSA) is 80.1 Å². The van der Waals surface area contributed by atoms with Gasteiger partial charge in [-0.15, -0.1) is 0 Å². The van der Waals surface area contributed by atoms with Gasteiger partial charge in [-0.25, -0.2) is 4.98 Å². The number of hydrogen-bond acceptors (Lipinski definition) is 5. The Morgan fingerprint density at radius 1 is 1.17 bits per heavy atom. The van der Waals surface area contributed by atoms with Gasteiger partial charge in [0.25, 0.3) is 0 Å². The van der Waals surface area contributed by atoms with Crippen molar-refractivity contribution in [3.05, 3.63) is 64.8 Å². The van der Waals surface area contributed by atoms with E-state index in [-0.39, 0.29) is 18.2 Å². The predicted octanol–water partition coefficient (Wildman–Crippen LogP) is 3.74. The van der Waals surface area contributed by atoms with E-state index in [0.29, 0.717) is 21.5 Å². The Bertz CT molecular complexity index is 1360. The van der Waals surface area contributed by atoms with Crippen LogP contribution in [0.5, 0.6) is 0 Å². The van der Waals surface area contributed by atoms with Crippen molar-refractivity contribution < 1.29 is 9.59 Å². The van der Waals surface area contributed by atoms with Gasteiger partial charge in [-0.05, 0) is 35.9 Å². The van der Waals surface area contributed by atoms with E-state index >= 15 is 0 Å². The van der Waals surface area contributed by atoms with Gasteiger partial charge in [-0.3, -0.25) is 9.59 Å². The standard InChI is InChI=1S/C21H14ClN5O2S/c1-26-15-7-6-11(22)8-12(15)21(19(26)29)9-17(28)25-18-13(21)10-23-27(18)20-24-14-4-2-3-5-16(14)30-20/h2-8,10H,9H2,1H3,(H,25,28). The lowest BCUT2D eigenvalue weighted by atomic mass is 9.72. The summed E-state index contributed by atoms with van der Waals surface area (Å²) in [7, 11) is 1.72. The molecule has 0 fully saturated rings. The molecule has 1 atom stereocenters. The molecular formula is C21H14ClN5O2S. The monoisotopic (exact) mass is 435 g/mol. The van der Waals surface area contributed by atoms with E-state index in [4.69, 9.17) is 11.6 Å². The SMILES string of the molecule is CN1C(=O)C2(CC(=O)Nc3c2cnn3-c2nc3ccccc3s2)c2cc(Cl)ccc21. The molecule has 2 aromatic heterocycles. The summed E-state index contributed by atoms with van der Waals surface area (Å²) in [6.45, 7) is 0. The molecule has 0 saturated carbocycles. The number of rotatable bonds is 1. The first-order valence-electron chi connectivity index (χ1n) is 9.31. The summed E-state index contributed by atoms with van der Waals surface area (Å²) in [4.78, 5) is 32.5. The van der Waals surface area contributed by atoms with Crippen molar-refractivity contribution in [3.63, 3.8) is 0 Å². The molecule has 4 aromatic rings. The average Bonchev–Trinajstić information content (AvgIpc) is 3.39. The molecule has 2 aromatic carbocycles. The lowest BCUT2D eigenvalue weighted by Gasteiger charge is -2.32. The number of para-hydroxylation sites is 1. The molecule has 9 heteroatoms. The summed E-state index contributed by atoms with van der Waals surface area (Å²) in [5.41, 5.74) is 1.83. The molecule has 1 spiro atoms. The molecule has 4 heterocycles. The maximum atomic E-state index is 13.5. The maximum Gasteiger partial charge on any atom is 0.242 e. The molecule has 0 radical (unpaired) electrons. The van der Waals surface area contributed by atoms with Gasteiger partial charge in [0.1, 0.15) is 11.2 Å². The number of halogens is 1. The summed E-state index contributed by atoms with van der Waals surface area (Å²) >= 11 is 7.74. The van der Waals surface area contributed by atoms with Crippen LogP contribution in [0.4, 0.5) is 11.5 Å². The highest BCUT2D eigenvalue weighted by Crippen LogP contribution is 2.52. The zero-order valence-electron chi connectivity index (χ0n) is 15.7. The number of carbonyl (C=O) groups is 2. The summed E-state index contributed by atoms with van der Waals surface area (Å²) in [5, 5.41) is 8.57. The molecule has 2 aliphatic heterocycles. The fourth-order valence-electron chi connectivity index (χ4n) is 4.47. The third kappa shape index (κ3) is 2.15. The van der Waals surface area contributed by atoms with Crippen LogP contribution in [-0.4, -0.2) is 33.6 Å². The molecule has 1 N–H and O–H groups in total. The number of carbonyl (C=O) groups excluding carboxylic acids is 2. The summed E-state index contributed by atoms with van der Waals surface area (Å²) < 4.78 is 2.62. The van der Waals surface area contributed by atoms with E-state index in [0.717, 1.165) is 21.5 Å². The van der Waals surface area contributed by atoms with Crippen molar-refractivity contribution in [2.45, 2.75) is 11.8 Å². The van der Waals surface area contributed by atoms with Crippen LogP contribution >= 0.6 is 22.9 Å². The Morgan fingerprint density at radius 2 is 2.00 bits per heavy atom. The minimum atomic E-state index is -1.15. The first-order valence-corrected chi connectivity index (χ1v) is 10.5. The highest BCUT2D eigenvalue weighted by atomic mass is 35.5. The van der Waals surface area contributed by atoms with Gasteiger partial charge in [0.15, 0.2) is 0 Å². The minimum Gasteiger partial charge on any atom is -0.314 e. The van der Waals surface area contributed by atoms with Crippen molar-refractivity contribution in [3.8, 4) is 5.13 Å². The number of likely N-dealkylation sites (N-methyl/N-ethyl adjacent to an activating group) is 1. The molecule has 1 unspecified atom stereocenters. The second kappa shape index (κ2) is 5.90. The van der Waals surface area contributed by atoms with Crippen LogP contribution in [0, 0.1) is 0 Å². The van der Waals surface area contributed by atoms with Crippen LogP contribution in [0.1, 0.15) is 17.5 Å². The summed E-state index contributed by atoms with van der Waals surface area (Å²) in [6.07, 6.45) is 1.66. The molecule has 7 nitrogen and oxygen atoms in total. The Hall–Kier alpha value is -3.23. The molecule has 0 bridgehead atoms. The molecular weight excluding hydrogens is 422 g/mol. The number of amides is 2. The Morgan fingerprint density at radius 3 is 2.83 bits per heavy atom. The van der Waals surface area contributed by atoms with Crippen LogP contribution in [0.25, 0.3) is 15.3 Å². The van der Waals surface area contributed by atoms with Crippen LogP contribution in [0.15, 0.2) is 48.7 Å². The van der Waals surface area contributed by atoms with Crippen molar-refractivity contribution in [2.75, 3.05) is 17.3 Å². The molecule has 2 amide bonds. The fourth-order valence-corrected chi connectivity index (χ4v) is 5.58. The Balaban J connectivity index is 1.61. The lowest BCUT2D eigenvalue weighted by Crippen LogP contribution is -2.45. The first kappa shape index (κ1) is 17.6. The first-order chi connectivity index (χ1) is 14.5. The molecule has 6 rings (SSSR count). The van der Waals surface area contributed by atoms with Crippen molar-refractivity contribution in [2.24, 2.45) is 0 Å². The van der Waals surface area contributed by atoms with E-state index in [1.54, 1.807) is 35.0 Å². The molecule has 0 aliphatic carbocycles. The largest absolute Gasteiger partial charge is 0.314 e. The van der Waals surface area contributed by atoms with Crippen LogP contribution in [0.2, 0.25) is 5.02 Å². The van der Waals surface area contributed by atoms with Crippen LogP contribution < -0.4 is 10.2 Å². The van der Waals surface area contributed by atoms with Gasteiger partial charge in [0.05, 0.1) is 16.4 Å². The fraction of sp³-hybridized carbons (Fsp3) is 0.143. The normalized spacial score (nSPS) is 20.0. The second-order valence-electron chi connectivity index (χ2n) is 7.44. The molecule has 2 aliphatic rings. The van der Waals surface area contributed by atoms with Gasteiger partial charge in [-0.1, -0.05) is 35.1 Å². The number of anilines is 2. The van der Waals surface area contributed by atoms with Crippen LogP contribution in [0.3, 0.4) is 0 Å². The van der Waals surface area contributed by atoms with E-state index in [1.807, 2.05) is 30.3 Å². The van der Waals surface area contributed by atoms with Gasteiger partial charge in [-0.2, -0.15) is 9.78 Å². The maximum absolute atomic E-state index is 13.5. The number of fused-ring (bicyclic) bond motifs is 5. The highest BCUT2D eigenvalue weighted by molar-refractivity contribution is 7.20. The summed E-state index contributed by atoms with van der Waals surface area (Å²) in [5.74, 6) is 0.0551. The second-order valence-corrected chi connectivity index (χ2v) is 8.88. The predicted molar refractivity (Wildman–Crippen MR) is 116 cm³/mol. The number of thiazole rings is 1. The minimum absolute atomic E-state index is 0.00204. The third-order valence-electron chi connectivity index (χ3n) is 5.83. The number of nitrogens with zero attached hydrogens (tertiary/aromatic N) is 4. The van der Waals surface area contributed by atoms with Crippen molar-refractivity contribution in [1.29, 1.82) is 0 Å². The molecule has 30 heavy (non-hydrogen) atoms. The quantitative estimate of drug-likeness (QED) is 0.494. The van der Waals surface area contributed by atoms with Crippen LogP contribution in [-0.2, 0) is 15.0 Å².